The van der Waals surface area contributed by atoms with E-state index in [1.807, 2.05) is 4.90 Å². The van der Waals surface area contributed by atoms with E-state index in [0.717, 1.165) is 5.69 Å². The average molecular weight is 363 g/mol. The van der Waals surface area contributed by atoms with Crippen molar-refractivity contribution in [2.45, 2.75) is 0 Å². The first kappa shape index (κ1) is 16.7. The Bertz CT molecular complexity index is 937. The van der Waals surface area contributed by atoms with Crippen molar-refractivity contribution in [1.29, 1.82) is 0 Å². The SMILES string of the molecule is O=C1CN(c2ccc(NC(=O)c3ccc(-n4cncn4)cc3)cn2)CCN1. The minimum absolute atomic E-state index is 0.0187. The molecule has 9 heteroatoms. The molecule has 1 aromatic carbocycles. The molecule has 0 bridgehead atoms. The van der Waals surface area contributed by atoms with Crippen LogP contribution in [0.2, 0.25) is 0 Å². The zero-order valence-corrected chi connectivity index (χ0v) is 14.4. The van der Waals surface area contributed by atoms with Crippen LogP contribution < -0.4 is 15.5 Å². The van der Waals surface area contributed by atoms with Gasteiger partial charge in [0.25, 0.3) is 5.91 Å². The summed E-state index contributed by atoms with van der Waals surface area (Å²) in [6.45, 7) is 1.60. The predicted molar refractivity (Wildman–Crippen MR) is 98.8 cm³/mol. The van der Waals surface area contributed by atoms with Gasteiger partial charge in [-0.15, -0.1) is 0 Å². The Balaban J connectivity index is 1.41. The summed E-state index contributed by atoms with van der Waals surface area (Å²) in [4.78, 5) is 34.0. The molecule has 3 heterocycles. The van der Waals surface area contributed by atoms with Crippen LogP contribution in [-0.2, 0) is 4.79 Å². The lowest BCUT2D eigenvalue weighted by Crippen LogP contribution is -2.48. The van der Waals surface area contributed by atoms with E-state index in [2.05, 4.69) is 25.7 Å². The van der Waals surface area contributed by atoms with Crippen LogP contribution in [0.25, 0.3) is 5.69 Å². The zero-order chi connectivity index (χ0) is 18.6. The third-order valence-corrected chi connectivity index (χ3v) is 4.18. The molecule has 0 saturated carbocycles. The standard InChI is InChI=1S/C18H17N7O2/c26-17-10-24(8-7-20-17)16-6-3-14(9-21-16)23-18(27)13-1-4-15(5-2-13)25-12-19-11-22-25/h1-6,9,11-12H,7-8,10H2,(H,20,26)(H,23,27). The van der Waals surface area contributed by atoms with E-state index in [9.17, 15) is 9.59 Å². The van der Waals surface area contributed by atoms with Crippen molar-refractivity contribution in [3.8, 4) is 5.69 Å². The number of carbonyl (C=O) groups is 2. The Morgan fingerprint density at radius 2 is 2.00 bits per heavy atom. The van der Waals surface area contributed by atoms with Crippen LogP contribution in [0.1, 0.15) is 10.4 Å². The average Bonchev–Trinajstić information content (AvgIpc) is 3.23. The molecule has 136 valence electrons. The van der Waals surface area contributed by atoms with Crippen molar-refractivity contribution in [3.05, 3.63) is 60.8 Å². The normalized spacial score (nSPS) is 13.9. The third-order valence-electron chi connectivity index (χ3n) is 4.18. The minimum atomic E-state index is -0.230. The summed E-state index contributed by atoms with van der Waals surface area (Å²) in [6.07, 6.45) is 4.63. The number of hydrogen-bond acceptors (Lipinski definition) is 6. The number of rotatable bonds is 4. The van der Waals surface area contributed by atoms with E-state index in [1.54, 1.807) is 53.6 Å². The molecule has 0 atom stereocenters. The van der Waals surface area contributed by atoms with Gasteiger partial charge in [-0.2, -0.15) is 5.10 Å². The molecule has 2 N–H and O–H groups in total. The topological polar surface area (TPSA) is 105 Å². The highest BCUT2D eigenvalue weighted by molar-refractivity contribution is 6.04. The quantitative estimate of drug-likeness (QED) is 0.712. The first-order chi connectivity index (χ1) is 13.2. The Morgan fingerprint density at radius 3 is 2.67 bits per heavy atom. The number of pyridine rings is 1. The number of piperazine rings is 1. The van der Waals surface area contributed by atoms with Crippen molar-refractivity contribution >= 4 is 23.3 Å². The van der Waals surface area contributed by atoms with E-state index >= 15 is 0 Å². The number of aromatic nitrogens is 4. The van der Waals surface area contributed by atoms with Crippen molar-refractivity contribution in [2.24, 2.45) is 0 Å². The van der Waals surface area contributed by atoms with Crippen molar-refractivity contribution in [3.63, 3.8) is 0 Å². The molecular weight excluding hydrogens is 346 g/mol. The number of amides is 2. The summed E-state index contributed by atoms with van der Waals surface area (Å²) in [5, 5.41) is 9.64. The van der Waals surface area contributed by atoms with Crippen LogP contribution in [0.15, 0.2) is 55.2 Å². The van der Waals surface area contributed by atoms with E-state index in [0.29, 0.717) is 30.2 Å². The Kier molecular flexibility index (Phi) is 4.48. The monoisotopic (exact) mass is 363 g/mol. The fourth-order valence-corrected chi connectivity index (χ4v) is 2.79. The summed E-state index contributed by atoms with van der Waals surface area (Å²) < 4.78 is 1.62. The Labute approximate surface area is 155 Å². The molecule has 9 nitrogen and oxygen atoms in total. The molecule has 1 saturated heterocycles. The molecule has 2 amide bonds. The lowest BCUT2D eigenvalue weighted by molar-refractivity contribution is -0.120. The maximum Gasteiger partial charge on any atom is 0.255 e. The van der Waals surface area contributed by atoms with E-state index < -0.39 is 0 Å². The Hall–Kier alpha value is -3.75. The first-order valence-corrected chi connectivity index (χ1v) is 8.43. The van der Waals surface area contributed by atoms with Crippen LogP contribution in [0, 0.1) is 0 Å². The lowest BCUT2D eigenvalue weighted by Gasteiger charge is -2.27. The highest BCUT2D eigenvalue weighted by Crippen LogP contribution is 2.16. The van der Waals surface area contributed by atoms with Gasteiger partial charge in [-0.3, -0.25) is 9.59 Å². The number of nitrogens with one attached hydrogen (secondary N) is 2. The van der Waals surface area contributed by atoms with Gasteiger partial charge < -0.3 is 15.5 Å². The summed E-state index contributed by atoms with van der Waals surface area (Å²) in [5.41, 5.74) is 1.93. The molecule has 1 aliphatic heterocycles. The van der Waals surface area contributed by atoms with Crippen molar-refractivity contribution in [1.82, 2.24) is 25.1 Å². The predicted octanol–water partition coefficient (Wildman–Crippen LogP) is 0.851. The molecule has 0 spiro atoms. The molecule has 0 radical (unpaired) electrons. The van der Waals surface area contributed by atoms with Gasteiger partial charge in [-0.25, -0.2) is 14.6 Å². The number of nitrogens with zero attached hydrogens (tertiary/aromatic N) is 5. The second-order valence-electron chi connectivity index (χ2n) is 6.02. The van der Waals surface area contributed by atoms with Gasteiger partial charge in [0.15, 0.2) is 0 Å². The van der Waals surface area contributed by atoms with Gasteiger partial charge in [-0.1, -0.05) is 0 Å². The second kappa shape index (κ2) is 7.24. The van der Waals surface area contributed by atoms with E-state index in [1.165, 1.54) is 6.33 Å². The minimum Gasteiger partial charge on any atom is -0.353 e. The molecule has 2 aromatic heterocycles. The van der Waals surface area contributed by atoms with Gasteiger partial charge in [0.2, 0.25) is 5.91 Å². The number of carbonyl (C=O) groups excluding carboxylic acids is 2. The summed E-state index contributed by atoms with van der Waals surface area (Å²) in [5.74, 6) is 0.460. The lowest BCUT2D eigenvalue weighted by atomic mass is 10.2. The summed E-state index contributed by atoms with van der Waals surface area (Å²) in [7, 11) is 0. The van der Waals surface area contributed by atoms with Crippen molar-refractivity contribution in [2.75, 3.05) is 29.9 Å². The molecule has 3 aromatic rings. The van der Waals surface area contributed by atoms with Gasteiger partial charge in [0.1, 0.15) is 18.5 Å². The molecular formula is C18H17N7O2. The van der Waals surface area contributed by atoms with Crippen LogP contribution >= 0.6 is 0 Å². The van der Waals surface area contributed by atoms with Crippen LogP contribution in [0.5, 0.6) is 0 Å². The molecule has 27 heavy (non-hydrogen) atoms. The number of hydrogen-bond donors (Lipinski definition) is 2. The van der Waals surface area contributed by atoms with Gasteiger partial charge >= 0.3 is 0 Å². The molecule has 0 unspecified atom stereocenters. The smallest absolute Gasteiger partial charge is 0.255 e. The molecule has 0 aliphatic carbocycles. The van der Waals surface area contributed by atoms with Crippen LogP contribution in [0.3, 0.4) is 0 Å². The van der Waals surface area contributed by atoms with Gasteiger partial charge in [-0.05, 0) is 36.4 Å². The second-order valence-corrected chi connectivity index (χ2v) is 6.02. The summed E-state index contributed by atoms with van der Waals surface area (Å²) >= 11 is 0. The van der Waals surface area contributed by atoms with Gasteiger partial charge in [0, 0.05) is 18.7 Å². The highest BCUT2D eigenvalue weighted by Gasteiger charge is 2.17. The van der Waals surface area contributed by atoms with E-state index in [-0.39, 0.29) is 18.4 Å². The first-order valence-electron chi connectivity index (χ1n) is 8.43. The Morgan fingerprint density at radius 1 is 1.15 bits per heavy atom. The van der Waals surface area contributed by atoms with E-state index in [4.69, 9.17) is 0 Å². The van der Waals surface area contributed by atoms with Crippen LogP contribution in [-0.4, -0.2) is 51.2 Å². The largest absolute Gasteiger partial charge is 0.353 e. The molecule has 1 aliphatic rings. The fourth-order valence-electron chi connectivity index (χ4n) is 2.79. The summed E-state index contributed by atoms with van der Waals surface area (Å²) in [6, 6.07) is 10.6. The molecule has 4 rings (SSSR count). The van der Waals surface area contributed by atoms with Gasteiger partial charge in [0.05, 0.1) is 24.1 Å². The van der Waals surface area contributed by atoms with Crippen LogP contribution in [0.4, 0.5) is 11.5 Å². The zero-order valence-electron chi connectivity index (χ0n) is 14.4. The highest BCUT2D eigenvalue weighted by atomic mass is 16.2. The molecule has 1 fully saturated rings. The maximum absolute atomic E-state index is 12.4. The fraction of sp³-hybridized carbons (Fsp3) is 0.167. The third kappa shape index (κ3) is 3.76. The maximum atomic E-state index is 12.4. The van der Waals surface area contributed by atoms with Crippen molar-refractivity contribution < 1.29 is 9.59 Å². The number of benzene rings is 1. The number of anilines is 2.